The molecule has 0 spiro atoms. The fourth-order valence-corrected chi connectivity index (χ4v) is 7.06. The SMILES string of the molecule is CC(C)(C)OC(=O)N1C2CCC1CN(c1nc(OC[C@@]34CCCN3C[C@H](F)C4)nc3cc(Br)c(F)cc13)C2. The molecule has 6 rings (SSSR count). The van der Waals surface area contributed by atoms with Crippen LogP contribution >= 0.6 is 15.9 Å². The number of piperazine rings is 1. The molecule has 0 N–H and O–H groups in total. The van der Waals surface area contributed by atoms with Crippen LogP contribution in [0.4, 0.5) is 19.4 Å². The molecule has 4 atom stereocenters. The van der Waals surface area contributed by atoms with Crippen molar-refractivity contribution in [3.05, 3.63) is 22.4 Å². The van der Waals surface area contributed by atoms with E-state index in [0.29, 0.717) is 53.9 Å². The number of hydrogen-bond donors (Lipinski definition) is 0. The van der Waals surface area contributed by atoms with Gasteiger partial charge >= 0.3 is 12.1 Å². The first kappa shape index (κ1) is 26.0. The minimum absolute atomic E-state index is 0.0239. The molecule has 0 saturated carbocycles. The van der Waals surface area contributed by atoms with Gasteiger partial charge in [-0.25, -0.2) is 13.6 Å². The number of halogens is 3. The highest BCUT2D eigenvalue weighted by molar-refractivity contribution is 9.10. The highest BCUT2D eigenvalue weighted by Crippen LogP contribution is 2.41. The lowest BCUT2D eigenvalue weighted by molar-refractivity contribution is 0.0122. The Morgan fingerprint density at radius 1 is 1.18 bits per heavy atom. The van der Waals surface area contributed by atoms with Gasteiger partial charge in [-0.1, -0.05) is 0 Å². The lowest BCUT2D eigenvalue weighted by Gasteiger charge is -2.42. The molecule has 0 aliphatic carbocycles. The first-order chi connectivity index (χ1) is 18.0. The molecule has 4 aliphatic rings. The summed E-state index contributed by atoms with van der Waals surface area (Å²) in [6.07, 6.45) is 2.98. The van der Waals surface area contributed by atoms with Crippen molar-refractivity contribution in [1.82, 2.24) is 19.8 Å². The maximum absolute atomic E-state index is 14.7. The van der Waals surface area contributed by atoms with E-state index in [0.717, 1.165) is 32.2 Å². The second-order valence-electron chi connectivity index (χ2n) is 12.2. The van der Waals surface area contributed by atoms with E-state index in [4.69, 9.17) is 14.5 Å². The lowest BCUT2D eigenvalue weighted by Crippen LogP contribution is -2.57. The summed E-state index contributed by atoms with van der Waals surface area (Å²) in [7, 11) is 0. The standard InChI is InChI=1S/C27H34BrF2N5O3/c1-26(2,3)38-25(36)35-17-5-6-18(35)14-33(13-17)23-19-9-21(30)20(28)10-22(19)31-24(32-23)37-15-27-7-4-8-34(27)12-16(29)11-27/h9-10,16-18H,4-8,11-15H2,1-3H3/t16-,17?,18?,27+/m1/s1. The molecule has 206 valence electrons. The number of ether oxygens (including phenoxy) is 2. The summed E-state index contributed by atoms with van der Waals surface area (Å²) in [5.41, 5.74) is -0.320. The van der Waals surface area contributed by atoms with Crippen LogP contribution in [0, 0.1) is 5.82 Å². The van der Waals surface area contributed by atoms with Crippen molar-refractivity contribution < 1.29 is 23.0 Å². The molecule has 1 aromatic heterocycles. The smallest absolute Gasteiger partial charge is 0.410 e. The molecule has 1 aromatic carbocycles. The Labute approximate surface area is 229 Å². The van der Waals surface area contributed by atoms with Crippen molar-refractivity contribution in [3.63, 3.8) is 0 Å². The van der Waals surface area contributed by atoms with Crippen LogP contribution in [-0.2, 0) is 4.74 Å². The van der Waals surface area contributed by atoms with Crippen LogP contribution in [0.5, 0.6) is 6.01 Å². The maximum atomic E-state index is 14.7. The summed E-state index contributed by atoms with van der Waals surface area (Å²) in [4.78, 5) is 28.5. The topological polar surface area (TPSA) is 71.0 Å². The maximum Gasteiger partial charge on any atom is 0.410 e. The van der Waals surface area contributed by atoms with E-state index >= 15 is 0 Å². The van der Waals surface area contributed by atoms with Crippen LogP contribution in [0.25, 0.3) is 10.9 Å². The van der Waals surface area contributed by atoms with Gasteiger partial charge < -0.3 is 14.4 Å². The molecule has 4 saturated heterocycles. The molecule has 1 amide bonds. The van der Waals surface area contributed by atoms with E-state index in [1.807, 2.05) is 25.7 Å². The molecule has 0 radical (unpaired) electrons. The second-order valence-corrected chi connectivity index (χ2v) is 13.0. The van der Waals surface area contributed by atoms with Crippen LogP contribution in [0.15, 0.2) is 16.6 Å². The normalized spacial score (nSPS) is 29.3. The largest absolute Gasteiger partial charge is 0.461 e. The number of amides is 1. The number of fused-ring (bicyclic) bond motifs is 4. The van der Waals surface area contributed by atoms with Gasteiger partial charge in [0.2, 0.25) is 0 Å². The molecule has 5 heterocycles. The number of carbonyl (C=O) groups is 1. The summed E-state index contributed by atoms with van der Waals surface area (Å²) < 4.78 is 41.1. The first-order valence-corrected chi connectivity index (χ1v) is 14.3. The third-order valence-electron chi connectivity index (χ3n) is 8.31. The molecular weight excluding hydrogens is 560 g/mol. The van der Waals surface area contributed by atoms with Crippen molar-refractivity contribution in [2.24, 2.45) is 0 Å². The Morgan fingerprint density at radius 3 is 2.63 bits per heavy atom. The van der Waals surface area contributed by atoms with E-state index in [1.54, 1.807) is 6.07 Å². The van der Waals surface area contributed by atoms with Gasteiger partial charge in [-0.2, -0.15) is 9.97 Å². The van der Waals surface area contributed by atoms with Gasteiger partial charge in [0.05, 0.1) is 27.6 Å². The predicted molar refractivity (Wildman–Crippen MR) is 143 cm³/mol. The number of rotatable bonds is 4. The third kappa shape index (κ3) is 4.69. The Morgan fingerprint density at radius 2 is 1.92 bits per heavy atom. The van der Waals surface area contributed by atoms with E-state index < -0.39 is 17.6 Å². The van der Waals surface area contributed by atoms with E-state index in [9.17, 15) is 13.6 Å². The van der Waals surface area contributed by atoms with Crippen molar-refractivity contribution >= 4 is 38.7 Å². The van der Waals surface area contributed by atoms with Crippen molar-refractivity contribution in [3.8, 4) is 6.01 Å². The van der Waals surface area contributed by atoms with Gasteiger partial charge in [-0.15, -0.1) is 0 Å². The van der Waals surface area contributed by atoms with Crippen LogP contribution in [0.2, 0.25) is 0 Å². The zero-order valence-corrected chi connectivity index (χ0v) is 23.6. The Hall–Kier alpha value is -2.27. The van der Waals surface area contributed by atoms with E-state index in [-0.39, 0.29) is 29.7 Å². The molecule has 4 aliphatic heterocycles. The molecule has 4 fully saturated rings. The average Bonchev–Trinajstić information content (AvgIpc) is 3.44. The Kier molecular flexibility index (Phi) is 6.45. The zero-order chi connectivity index (χ0) is 26.8. The summed E-state index contributed by atoms with van der Waals surface area (Å²) in [6.45, 7) is 8.36. The number of hydrogen-bond acceptors (Lipinski definition) is 7. The zero-order valence-electron chi connectivity index (χ0n) is 22.1. The van der Waals surface area contributed by atoms with Crippen LogP contribution in [0.1, 0.15) is 52.9 Å². The number of nitrogens with zero attached hydrogens (tertiary/aromatic N) is 5. The van der Waals surface area contributed by atoms with Crippen LogP contribution in [-0.4, -0.2) is 88.0 Å². The molecule has 8 nitrogen and oxygen atoms in total. The predicted octanol–water partition coefficient (Wildman–Crippen LogP) is 5.07. The molecular formula is C27H34BrF2N5O3. The first-order valence-electron chi connectivity index (χ1n) is 13.5. The molecule has 11 heteroatoms. The molecule has 2 bridgehead atoms. The third-order valence-corrected chi connectivity index (χ3v) is 8.92. The number of anilines is 1. The summed E-state index contributed by atoms with van der Waals surface area (Å²) >= 11 is 3.28. The average molecular weight is 595 g/mol. The number of aromatic nitrogens is 2. The van der Waals surface area contributed by atoms with Gasteiger partial charge in [0.15, 0.2) is 0 Å². The number of carbonyl (C=O) groups excluding carboxylic acids is 1. The summed E-state index contributed by atoms with van der Waals surface area (Å²) in [5.74, 6) is 0.194. The van der Waals surface area contributed by atoms with Gasteiger partial charge in [-0.3, -0.25) is 9.80 Å². The molecule has 38 heavy (non-hydrogen) atoms. The minimum atomic E-state index is -0.845. The van der Waals surface area contributed by atoms with Crippen molar-refractivity contribution in [2.75, 3.05) is 37.7 Å². The monoisotopic (exact) mass is 593 g/mol. The fourth-order valence-electron chi connectivity index (χ4n) is 6.73. The van der Waals surface area contributed by atoms with Crippen LogP contribution < -0.4 is 9.64 Å². The van der Waals surface area contributed by atoms with Crippen LogP contribution in [0.3, 0.4) is 0 Å². The van der Waals surface area contributed by atoms with E-state index in [2.05, 4.69) is 30.7 Å². The summed E-state index contributed by atoms with van der Waals surface area (Å²) in [6, 6.07) is 3.24. The number of benzene rings is 1. The van der Waals surface area contributed by atoms with Gasteiger partial charge in [0, 0.05) is 31.4 Å². The van der Waals surface area contributed by atoms with Crippen molar-refractivity contribution in [1.29, 1.82) is 0 Å². The quantitative estimate of drug-likeness (QED) is 0.490. The van der Waals surface area contributed by atoms with E-state index in [1.165, 1.54) is 6.07 Å². The fraction of sp³-hybridized carbons (Fsp3) is 0.667. The van der Waals surface area contributed by atoms with Gasteiger partial charge in [-0.05, 0) is 81.1 Å². The summed E-state index contributed by atoms with van der Waals surface area (Å²) in [5, 5.41) is 0.591. The van der Waals surface area contributed by atoms with Gasteiger partial charge in [0.1, 0.15) is 30.0 Å². The number of alkyl halides is 1. The van der Waals surface area contributed by atoms with Crippen molar-refractivity contribution in [2.45, 2.75) is 82.3 Å². The minimum Gasteiger partial charge on any atom is -0.461 e. The Balaban J connectivity index is 1.29. The second kappa shape index (κ2) is 9.43. The molecule has 2 unspecified atom stereocenters. The highest BCUT2D eigenvalue weighted by Gasteiger charge is 2.49. The molecule has 2 aromatic rings. The Bertz CT molecular complexity index is 1250. The highest BCUT2D eigenvalue weighted by atomic mass is 79.9. The lowest BCUT2D eigenvalue weighted by atomic mass is 9.95. The van der Waals surface area contributed by atoms with Gasteiger partial charge in [0.25, 0.3) is 0 Å².